The third-order valence-corrected chi connectivity index (χ3v) is 4.89. The summed E-state index contributed by atoms with van der Waals surface area (Å²) < 4.78 is 3.69. The normalized spacial score (nSPS) is 15.1. The van der Waals surface area contributed by atoms with E-state index in [9.17, 15) is 4.79 Å². The summed E-state index contributed by atoms with van der Waals surface area (Å²) in [6, 6.07) is 3.81. The standard InChI is InChI=1S/C18H22N6O/c1-3-23-9-8-15(22-23)20-18-19-11-14-12(2)10-16(25)24(17(14)21-18)13-6-4-5-7-13/h8-11,13H,3-7H2,1-2H3,(H,19,20,21,22). The molecule has 7 nitrogen and oxygen atoms in total. The van der Waals surface area contributed by atoms with E-state index in [1.165, 1.54) is 0 Å². The van der Waals surface area contributed by atoms with Gasteiger partial charge in [-0.25, -0.2) is 4.98 Å². The molecule has 0 radical (unpaired) electrons. The largest absolute Gasteiger partial charge is 0.307 e. The topological polar surface area (TPSA) is 77.6 Å². The first-order valence-electron chi connectivity index (χ1n) is 8.85. The molecule has 3 aromatic rings. The highest BCUT2D eigenvalue weighted by Crippen LogP contribution is 2.31. The van der Waals surface area contributed by atoms with Gasteiger partial charge in [-0.15, -0.1) is 0 Å². The van der Waals surface area contributed by atoms with Crippen LogP contribution in [-0.4, -0.2) is 24.3 Å². The van der Waals surface area contributed by atoms with Gasteiger partial charge in [-0.1, -0.05) is 12.8 Å². The van der Waals surface area contributed by atoms with E-state index in [2.05, 4.69) is 20.4 Å². The summed E-state index contributed by atoms with van der Waals surface area (Å²) in [7, 11) is 0. The van der Waals surface area contributed by atoms with Crippen LogP contribution in [0.4, 0.5) is 11.8 Å². The SMILES string of the molecule is CCn1ccc(Nc2ncc3c(C)cc(=O)n(C4CCCC4)c3n2)n1. The van der Waals surface area contributed by atoms with Crippen LogP contribution in [0.15, 0.2) is 29.3 Å². The minimum absolute atomic E-state index is 0.0248. The molecule has 1 aliphatic carbocycles. The Morgan fingerprint density at radius 3 is 2.84 bits per heavy atom. The van der Waals surface area contributed by atoms with Gasteiger partial charge >= 0.3 is 0 Å². The molecule has 1 fully saturated rings. The van der Waals surface area contributed by atoms with Gasteiger partial charge in [0.15, 0.2) is 5.82 Å². The number of anilines is 2. The molecule has 25 heavy (non-hydrogen) atoms. The third kappa shape index (κ3) is 2.90. The number of fused-ring (bicyclic) bond motifs is 1. The van der Waals surface area contributed by atoms with Crippen LogP contribution < -0.4 is 10.9 Å². The first-order valence-corrected chi connectivity index (χ1v) is 8.85. The molecule has 1 aliphatic rings. The van der Waals surface area contributed by atoms with E-state index >= 15 is 0 Å². The molecule has 0 spiro atoms. The number of aromatic nitrogens is 5. The van der Waals surface area contributed by atoms with Gasteiger partial charge in [-0.05, 0) is 32.3 Å². The molecule has 1 saturated carbocycles. The molecular weight excluding hydrogens is 316 g/mol. The zero-order valence-corrected chi connectivity index (χ0v) is 14.6. The first kappa shape index (κ1) is 15.8. The summed E-state index contributed by atoms with van der Waals surface area (Å²) in [5.74, 6) is 1.16. The van der Waals surface area contributed by atoms with Crippen molar-refractivity contribution in [2.24, 2.45) is 0 Å². The van der Waals surface area contributed by atoms with Gasteiger partial charge in [0.1, 0.15) is 5.65 Å². The molecule has 0 aromatic carbocycles. The maximum atomic E-state index is 12.6. The number of pyridine rings is 1. The number of rotatable bonds is 4. The lowest BCUT2D eigenvalue weighted by molar-refractivity contribution is 0.515. The Labute approximate surface area is 145 Å². The molecule has 0 unspecified atom stereocenters. The quantitative estimate of drug-likeness (QED) is 0.790. The Morgan fingerprint density at radius 1 is 1.32 bits per heavy atom. The molecule has 4 rings (SSSR count). The van der Waals surface area contributed by atoms with Gasteiger partial charge < -0.3 is 5.32 Å². The molecule has 1 N–H and O–H groups in total. The molecule has 0 saturated heterocycles. The van der Waals surface area contributed by atoms with Gasteiger partial charge in [0.2, 0.25) is 5.95 Å². The van der Waals surface area contributed by atoms with Crippen molar-refractivity contribution in [1.29, 1.82) is 0 Å². The molecule has 0 bridgehead atoms. The van der Waals surface area contributed by atoms with Crippen molar-refractivity contribution in [1.82, 2.24) is 24.3 Å². The van der Waals surface area contributed by atoms with Crippen molar-refractivity contribution in [2.75, 3.05) is 5.32 Å². The summed E-state index contributed by atoms with van der Waals surface area (Å²) in [4.78, 5) is 21.7. The second kappa shape index (κ2) is 6.31. The van der Waals surface area contributed by atoms with Crippen molar-refractivity contribution in [3.05, 3.63) is 40.4 Å². The molecule has 0 aliphatic heterocycles. The Kier molecular flexibility index (Phi) is 3.99. The molecule has 0 atom stereocenters. The lowest BCUT2D eigenvalue weighted by atomic mass is 10.1. The van der Waals surface area contributed by atoms with E-state index in [1.807, 2.05) is 35.4 Å². The predicted octanol–water partition coefficient (Wildman–Crippen LogP) is 3.18. The van der Waals surface area contributed by atoms with E-state index in [0.29, 0.717) is 17.4 Å². The highest BCUT2D eigenvalue weighted by atomic mass is 16.1. The van der Waals surface area contributed by atoms with Crippen LogP contribution in [0.25, 0.3) is 11.0 Å². The summed E-state index contributed by atoms with van der Waals surface area (Å²) in [5.41, 5.74) is 1.65. The lowest BCUT2D eigenvalue weighted by Crippen LogP contribution is -2.24. The zero-order valence-electron chi connectivity index (χ0n) is 14.6. The molecule has 3 aromatic heterocycles. The monoisotopic (exact) mass is 338 g/mol. The Hall–Kier alpha value is -2.70. The summed E-state index contributed by atoms with van der Waals surface area (Å²) in [5, 5.41) is 8.46. The second-order valence-electron chi connectivity index (χ2n) is 6.59. The van der Waals surface area contributed by atoms with Crippen LogP contribution in [0.5, 0.6) is 0 Å². The Balaban J connectivity index is 1.80. The number of hydrogen-bond donors (Lipinski definition) is 1. The van der Waals surface area contributed by atoms with Gasteiger partial charge in [-0.2, -0.15) is 10.1 Å². The van der Waals surface area contributed by atoms with Gasteiger partial charge in [-0.3, -0.25) is 14.0 Å². The molecule has 3 heterocycles. The molecule has 7 heteroatoms. The molecule has 130 valence electrons. The summed E-state index contributed by atoms with van der Waals surface area (Å²) in [6.45, 7) is 4.77. The maximum absolute atomic E-state index is 12.6. The summed E-state index contributed by atoms with van der Waals surface area (Å²) >= 11 is 0. The average Bonchev–Trinajstić information content (AvgIpc) is 3.26. The average molecular weight is 338 g/mol. The lowest BCUT2D eigenvalue weighted by Gasteiger charge is -2.17. The Morgan fingerprint density at radius 2 is 2.12 bits per heavy atom. The van der Waals surface area contributed by atoms with Gasteiger partial charge in [0.05, 0.1) is 0 Å². The fourth-order valence-electron chi connectivity index (χ4n) is 3.57. The Bertz CT molecular complexity index is 967. The van der Waals surface area contributed by atoms with Gasteiger partial charge in [0.25, 0.3) is 5.56 Å². The van der Waals surface area contributed by atoms with Crippen molar-refractivity contribution in [3.63, 3.8) is 0 Å². The third-order valence-electron chi connectivity index (χ3n) is 4.89. The van der Waals surface area contributed by atoms with Crippen molar-refractivity contribution < 1.29 is 0 Å². The van der Waals surface area contributed by atoms with Crippen LogP contribution in [0.2, 0.25) is 0 Å². The molecule has 0 amide bonds. The van der Waals surface area contributed by atoms with Crippen molar-refractivity contribution >= 4 is 22.8 Å². The number of hydrogen-bond acceptors (Lipinski definition) is 5. The first-order chi connectivity index (χ1) is 12.2. The number of nitrogens with one attached hydrogen (secondary N) is 1. The van der Waals surface area contributed by atoms with E-state index in [1.54, 1.807) is 12.3 Å². The van der Waals surface area contributed by atoms with Crippen molar-refractivity contribution in [3.8, 4) is 0 Å². The minimum atomic E-state index is 0.0248. The van der Waals surface area contributed by atoms with Crippen LogP contribution in [-0.2, 0) is 6.54 Å². The van der Waals surface area contributed by atoms with E-state index in [-0.39, 0.29) is 11.6 Å². The van der Waals surface area contributed by atoms with E-state index in [4.69, 9.17) is 0 Å². The number of nitrogens with zero attached hydrogens (tertiary/aromatic N) is 5. The predicted molar refractivity (Wildman–Crippen MR) is 97.2 cm³/mol. The molecular formula is C18H22N6O. The summed E-state index contributed by atoms with van der Waals surface area (Å²) in [6.07, 6.45) is 8.09. The second-order valence-corrected chi connectivity index (χ2v) is 6.59. The maximum Gasteiger partial charge on any atom is 0.252 e. The highest BCUT2D eigenvalue weighted by molar-refractivity contribution is 5.79. The van der Waals surface area contributed by atoms with Gasteiger partial charge in [0, 0.05) is 42.5 Å². The smallest absolute Gasteiger partial charge is 0.252 e. The van der Waals surface area contributed by atoms with E-state index in [0.717, 1.165) is 43.2 Å². The van der Waals surface area contributed by atoms with Crippen molar-refractivity contribution in [2.45, 2.75) is 52.1 Å². The highest BCUT2D eigenvalue weighted by Gasteiger charge is 2.21. The van der Waals surface area contributed by atoms with Crippen LogP contribution in [0.1, 0.15) is 44.2 Å². The fraction of sp³-hybridized carbons (Fsp3) is 0.444. The fourth-order valence-corrected chi connectivity index (χ4v) is 3.57. The van der Waals surface area contributed by atoms with Crippen LogP contribution >= 0.6 is 0 Å². The zero-order chi connectivity index (χ0) is 17.4. The number of aryl methyl sites for hydroxylation is 2. The van der Waals surface area contributed by atoms with E-state index < -0.39 is 0 Å². The van der Waals surface area contributed by atoms with Crippen LogP contribution in [0.3, 0.4) is 0 Å². The minimum Gasteiger partial charge on any atom is -0.307 e. The van der Waals surface area contributed by atoms with Crippen LogP contribution in [0, 0.1) is 6.92 Å².